The molecule has 0 aromatic heterocycles. The summed E-state index contributed by atoms with van der Waals surface area (Å²) in [6, 6.07) is 12.8. The molecule has 0 aliphatic carbocycles. The molecule has 128 valence electrons. The summed E-state index contributed by atoms with van der Waals surface area (Å²) in [6.45, 7) is 0.492. The minimum absolute atomic E-state index is 0.183. The highest BCUT2D eigenvalue weighted by Gasteiger charge is 2.30. The van der Waals surface area contributed by atoms with Gasteiger partial charge in [-0.3, -0.25) is 10.1 Å². The van der Waals surface area contributed by atoms with Gasteiger partial charge < -0.3 is 10.5 Å². The van der Waals surface area contributed by atoms with Gasteiger partial charge in [0.1, 0.15) is 18.4 Å². The average Bonchev–Trinajstić information content (AvgIpc) is 2.55. The summed E-state index contributed by atoms with van der Waals surface area (Å²) in [7, 11) is 0. The molecule has 0 spiro atoms. The SMILES string of the molecule is NC(=O)[C@H](NCCOc1ccc(C(F)(F)F)cc1)c1ccccc1. The molecule has 3 N–H and O–H groups in total. The molecule has 1 amide bonds. The van der Waals surface area contributed by atoms with Crippen LogP contribution in [0.15, 0.2) is 54.6 Å². The number of rotatable bonds is 7. The summed E-state index contributed by atoms with van der Waals surface area (Å²) in [6.07, 6.45) is -4.37. The molecule has 0 fully saturated rings. The van der Waals surface area contributed by atoms with E-state index in [0.717, 1.165) is 17.7 Å². The number of amides is 1. The molecule has 2 rings (SSSR count). The van der Waals surface area contributed by atoms with E-state index in [1.807, 2.05) is 6.07 Å². The van der Waals surface area contributed by atoms with Crippen molar-refractivity contribution in [1.29, 1.82) is 0 Å². The van der Waals surface area contributed by atoms with Gasteiger partial charge in [0, 0.05) is 6.54 Å². The maximum Gasteiger partial charge on any atom is 0.416 e. The van der Waals surface area contributed by atoms with Crippen LogP contribution in [0.2, 0.25) is 0 Å². The van der Waals surface area contributed by atoms with Crippen LogP contribution in [0.4, 0.5) is 13.2 Å². The van der Waals surface area contributed by atoms with Crippen LogP contribution in [0.3, 0.4) is 0 Å². The van der Waals surface area contributed by atoms with E-state index in [2.05, 4.69) is 5.32 Å². The van der Waals surface area contributed by atoms with E-state index in [4.69, 9.17) is 10.5 Å². The first kappa shape index (κ1) is 17.8. The van der Waals surface area contributed by atoms with E-state index < -0.39 is 23.7 Å². The quantitative estimate of drug-likeness (QED) is 0.763. The molecule has 0 heterocycles. The van der Waals surface area contributed by atoms with Crippen LogP contribution in [0.5, 0.6) is 5.75 Å². The van der Waals surface area contributed by atoms with E-state index >= 15 is 0 Å². The Kier molecular flexibility index (Phi) is 5.81. The Morgan fingerprint density at radius 1 is 1.08 bits per heavy atom. The van der Waals surface area contributed by atoms with Crippen molar-refractivity contribution in [1.82, 2.24) is 5.32 Å². The van der Waals surface area contributed by atoms with Gasteiger partial charge in [-0.15, -0.1) is 0 Å². The second-order valence-electron chi connectivity index (χ2n) is 5.07. The lowest BCUT2D eigenvalue weighted by atomic mass is 10.1. The number of benzene rings is 2. The number of hydrogen-bond acceptors (Lipinski definition) is 3. The van der Waals surface area contributed by atoms with E-state index in [-0.39, 0.29) is 6.61 Å². The fourth-order valence-corrected chi connectivity index (χ4v) is 2.14. The maximum absolute atomic E-state index is 12.5. The van der Waals surface area contributed by atoms with Gasteiger partial charge in [-0.05, 0) is 29.8 Å². The minimum atomic E-state index is -4.37. The lowest BCUT2D eigenvalue weighted by Crippen LogP contribution is -2.35. The predicted molar refractivity (Wildman–Crippen MR) is 83.3 cm³/mol. The van der Waals surface area contributed by atoms with Gasteiger partial charge in [-0.25, -0.2) is 0 Å². The smallest absolute Gasteiger partial charge is 0.416 e. The Morgan fingerprint density at radius 2 is 1.71 bits per heavy atom. The molecule has 0 unspecified atom stereocenters. The number of hydrogen-bond donors (Lipinski definition) is 2. The van der Waals surface area contributed by atoms with E-state index in [1.165, 1.54) is 12.1 Å². The molecule has 4 nitrogen and oxygen atoms in total. The minimum Gasteiger partial charge on any atom is -0.492 e. The third kappa shape index (κ3) is 4.99. The van der Waals surface area contributed by atoms with Crippen molar-refractivity contribution in [2.24, 2.45) is 5.73 Å². The number of alkyl halides is 3. The molecule has 24 heavy (non-hydrogen) atoms. The van der Waals surface area contributed by atoms with Gasteiger partial charge in [0.25, 0.3) is 0 Å². The molecule has 2 aromatic rings. The first-order chi connectivity index (χ1) is 11.4. The third-order valence-electron chi connectivity index (χ3n) is 3.32. The molecule has 2 aromatic carbocycles. The molecule has 0 radical (unpaired) electrons. The fraction of sp³-hybridized carbons (Fsp3) is 0.235. The number of primary amides is 1. The molecule has 0 bridgehead atoms. The maximum atomic E-state index is 12.5. The van der Waals surface area contributed by atoms with Crippen molar-refractivity contribution in [2.75, 3.05) is 13.2 Å². The Bertz CT molecular complexity index is 658. The van der Waals surface area contributed by atoms with Crippen molar-refractivity contribution in [3.05, 3.63) is 65.7 Å². The number of carbonyl (C=O) groups is 1. The lowest BCUT2D eigenvalue weighted by Gasteiger charge is -2.16. The highest BCUT2D eigenvalue weighted by atomic mass is 19.4. The lowest BCUT2D eigenvalue weighted by molar-refractivity contribution is -0.137. The summed E-state index contributed by atoms with van der Waals surface area (Å²) in [5.74, 6) is -0.198. The number of halogens is 3. The second-order valence-corrected chi connectivity index (χ2v) is 5.07. The number of nitrogens with one attached hydrogen (secondary N) is 1. The van der Waals surface area contributed by atoms with E-state index in [0.29, 0.717) is 12.3 Å². The molecular weight excluding hydrogens is 321 g/mol. The van der Waals surface area contributed by atoms with Gasteiger partial charge in [-0.1, -0.05) is 30.3 Å². The first-order valence-corrected chi connectivity index (χ1v) is 7.25. The monoisotopic (exact) mass is 338 g/mol. The second kappa shape index (κ2) is 7.83. The first-order valence-electron chi connectivity index (χ1n) is 7.25. The molecule has 7 heteroatoms. The van der Waals surface area contributed by atoms with Crippen LogP contribution in [-0.2, 0) is 11.0 Å². The summed E-state index contributed by atoms with van der Waals surface area (Å²) >= 11 is 0. The van der Waals surface area contributed by atoms with E-state index in [1.54, 1.807) is 24.3 Å². The van der Waals surface area contributed by atoms with Gasteiger partial charge in [0.2, 0.25) is 5.91 Å². The largest absolute Gasteiger partial charge is 0.492 e. The van der Waals surface area contributed by atoms with Gasteiger partial charge in [0.15, 0.2) is 0 Å². The van der Waals surface area contributed by atoms with Gasteiger partial charge in [0.05, 0.1) is 5.56 Å². The molecule has 0 saturated carbocycles. The molecule has 0 aliphatic heterocycles. The van der Waals surface area contributed by atoms with Gasteiger partial charge >= 0.3 is 6.18 Å². The molecule has 0 aliphatic rings. The molecule has 1 atom stereocenters. The topological polar surface area (TPSA) is 64.4 Å². The highest BCUT2D eigenvalue weighted by molar-refractivity contribution is 5.81. The fourth-order valence-electron chi connectivity index (χ4n) is 2.14. The predicted octanol–water partition coefficient (Wildman–Crippen LogP) is 2.90. The zero-order valence-electron chi connectivity index (χ0n) is 12.7. The van der Waals surface area contributed by atoms with Crippen LogP contribution in [0.1, 0.15) is 17.2 Å². The van der Waals surface area contributed by atoms with Crippen molar-refractivity contribution in [2.45, 2.75) is 12.2 Å². The summed E-state index contributed by atoms with van der Waals surface area (Å²) in [4.78, 5) is 11.5. The number of carbonyl (C=O) groups excluding carboxylic acids is 1. The van der Waals surface area contributed by atoms with E-state index in [9.17, 15) is 18.0 Å². The zero-order chi connectivity index (χ0) is 17.6. The normalized spacial score (nSPS) is 12.6. The van der Waals surface area contributed by atoms with Gasteiger partial charge in [-0.2, -0.15) is 13.2 Å². The Morgan fingerprint density at radius 3 is 2.25 bits per heavy atom. The number of ether oxygens (including phenoxy) is 1. The zero-order valence-corrected chi connectivity index (χ0v) is 12.7. The Balaban J connectivity index is 1.84. The van der Waals surface area contributed by atoms with Crippen molar-refractivity contribution >= 4 is 5.91 Å². The van der Waals surface area contributed by atoms with Crippen molar-refractivity contribution < 1.29 is 22.7 Å². The van der Waals surface area contributed by atoms with Crippen LogP contribution in [0.25, 0.3) is 0 Å². The summed E-state index contributed by atoms with van der Waals surface area (Å²) in [5.41, 5.74) is 5.38. The van der Waals surface area contributed by atoms with Crippen molar-refractivity contribution in [3.8, 4) is 5.75 Å². The summed E-state index contributed by atoms with van der Waals surface area (Å²) < 4.78 is 42.7. The molecule has 0 saturated heterocycles. The van der Waals surface area contributed by atoms with Crippen LogP contribution in [-0.4, -0.2) is 19.1 Å². The van der Waals surface area contributed by atoms with Crippen molar-refractivity contribution in [3.63, 3.8) is 0 Å². The highest BCUT2D eigenvalue weighted by Crippen LogP contribution is 2.30. The summed E-state index contributed by atoms with van der Waals surface area (Å²) in [5, 5.41) is 2.96. The Labute approximate surface area is 137 Å². The average molecular weight is 338 g/mol. The van der Waals surface area contributed by atoms with Crippen LogP contribution in [0, 0.1) is 0 Å². The molecular formula is C17H17F3N2O2. The standard InChI is InChI=1S/C17H17F3N2O2/c18-17(19,20)13-6-8-14(9-7-13)24-11-10-22-15(16(21)23)12-4-2-1-3-5-12/h1-9,15,22H,10-11H2,(H2,21,23)/t15-/m1/s1. The van der Waals surface area contributed by atoms with Crippen LogP contribution >= 0.6 is 0 Å². The third-order valence-corrected chi connectivity index (χ3v) is 3.32. The Hall–Kier alpha value is -2.54. The number of nitrogens with two attached hydrogens (primary N) is 1. The van der Waals surface area contributed by atoms with Crippen LogP contribution < -0.4 is 15.8 Å².